The molecule has 0 bridgehead atoms. The molecule has 0 radical (unpaired) electrons. The molecule has 2 N–H and O–H groups in total. The van der Waals surface area contributed by atoms with Gasteiger partial charge in [-0.25, -0.2) is 21.2 Å². The van der Waals surface area contributed by atoms with Gasteiger partial charge in [-0.15, -0.1) is 6.58 Å². The minimum absolute atomic E-state index is 0.0460. The fourth-order valence-electron chi connectivity index (χ4n) is 2.90. The number of nitrogens with zero attached hydrogens (tertiary/aromatic N) is 1. The van der Waals surface area contributed by atoms with Crippen molar-refractivity contribution in [1.82, 2.24) is 3.97 Å². The second kappa shape index (κ2) is 6.85. The van der Waals surface area contributed by atoms with Crippen LogP contribution in [0.15, 0.2) is 65.8 Å². The van der Waals surface area contributed by atoms with Gasteiger partial charge < -0.3 is 5.73 Å². The van der Waals surface area contributed by atoms with Crippen LogP contribution in [0.3, 0.4) is 0 Å². The largest absolute Gasteiger partial charge is 0.398 e. The molecule has 1 aromatic heterocycles. The monoisotopic (exact) mass is 440 g/mol. The first-order chi connectivity index (χ1) is 12.3. The lowest BCUT2D eigenvalue weighted by Gasteiger charge is -2.16. The van der Waals surface area contributed by atoms with E-state index >= 15 is 0 Å². The Kier molecular flexibility index (Phi) is 4.90. The fraction of sp³-hybridized carbons (Fsp3) is 0.111. The molecule has 0 spiro atoms. The zero-order chi connectivity index (χ0) is 19.1. The average molecular weight is 441 g/mol. The van der Waals surface area contributed by atoms with E-state index in [2.05, 4.69) is 22.5 Å². The number of benzene rings is 2. The predicted octanol–water partition coefficient (Wildman–Crippen LogP) is 5.03. The molecule has 1 heterocycles. The van der Waals surface area contributed by atoms with Crippen molar-refractivity contribution in [3.8, 4) is 0 Å². The SMILES string of the molecule is C=CC(c1ccc(Br)cc1)S(=O)(=O)n1cc(C(F)F)c2c(N)cccc21. The normalized spacial score (nSPS) is 13.2. The van der Waals surface area contributed by atoms with Gasteiger partial charge in [0.25, 0.3) is 6.43 Å². The van der Waals surface area contributed by atoms with E-state index in [9.17, 15) is 17.2 Å². The number of aromatic nitrogens is 1. The van der Waals surface area contributed by atoms with Crippen LogP contribution in [0.4, 0.5) is 14.5 Å². The molecule has 26 heavy (non-hydrogen) atoms. The van der Waals surface area contributed by atoms with E-state index in [1.54, 1.807) is 24.3 Å². The van der Waals surface area contributed by atoms with Crippen LogP contribution in [0.2, 0.25) is 0 Å². The third-order valence-corrected chi connectivity index (χ3v) is 6.59. The van der Waals surface area contributed by atoms with Crippen LogP contribution in [0, 0.1) is 0 Å². The smallest absolute Gasteiger partial charge is 0.266 e. The molecule has 3 rings (SSSR count). The summed E-state index contributed by atoms with van der Waals surface area (Å²) in [5.74, 6) is 0. The van der Waals surface area contributed by atoms with Crippen LogP contribution in [0.1, 0.15) is 22.8 Å². The molecule has 0 saturated carbocycles. The number of hydrogen-bond donors (Lipinski definition) is 1. The van der Waals surface area contributed by atoms with Gasteiger partial charge in [0.1, 0.15) is 5.25 Å². The van der Waals surface area contributed by atoms with E-state index in [-0.39, 0.29) is 16.6 Å². The summed E-state index contributed by atoms with van der Waals surface area (Å²) in [5.41, 5.74) is 6.10. The van der Waals surface area contributed by atoms with Gasteiger partial charge in [0.15, 0.2) is 0 Å². The summed E-state index contributed by atoms with van der Waals surface area (Å²) >= 11 is 3.29. The zero-order valence-electron chi connectivity index (χ0n) is 13.4. The van der Waals surface area contributed by atoms with E-state index in [0.29, 0.717) is 5.56 Å². The molecule has 0 aliphatic rings. The van der Waals surface area contributed by atoms with Gasteiger partial charge in [0, 0.05) is 27.3 Å². The molecule has 8 heteroatoms. The first-order valence-electron chi connectivity index (χ1n) is 7.57. The van der Waals surface area contributed by atoms with Gasteiger partial charge in [-0.2, -0.15) is 0 Å². The van der Waals surface area contributed by atoms with Crippen LogP contribution >= 0.6 is 15.9 Å². The number of nitrogen functional groups attached to an aromatic ring is 1. The van der Waals surface area contributed by atoms with E-state index in [1.165, 1.54) is 24.3 Å². The summed E-state index contributed by atoms with van der Waals surface area (Å²) in [7, 11) is -4.08. The Morgan fingerprint density at radius 3 is 2.38 bits per heavy atom. The molecule has 0 amide bonds. The third kappa shape index (κ3) is 3.03. The highest BCUT2D eigenvalue weighted by molar-refractivity contribution is 9.10. The minimum atomic E-state index is -4.08. The molecule has 3 aromatic rings. The van der Waals surface area contributed by atoms with Crippen LogP contribution in [0.5, 0.6) is 0 Å². The van der Waals surface area contributed by atoms with Crippen molar-refractivity contribution in [1.29, 1.82) is 0 Å². The Morgan fingerprint density at radius 1 is 1.15 bits per heavy atom. The number of anilines is 1. The third-order valence-electron chi connectivity index (χ3n) is 4.10. The number of nitrogens with two attached hydrogens (primary N) is 1. The summed E-state index contributed by atoms with van der Waals surface area (Å²) < 4.78 is 54.9. The fourth-order valence-corrected chi connectivity index (χ4v) is 4.84. The Bertz CT molecular complexity index is 1080. The molecule has 0 aliphatic carbocycles. The lowest BCUT2D eigenvalue weighted by molar-refractivity contribution is 0.153. The number of hydrogen-bond acceptors (Lipinski definition) is 3. The number of alkyl halides is 2. The van der Waals surface area contributed by atoms with E-state index < -0.39 is 27.3 Å². The van der Waals surface area contributed by atoms with Gasteiger partial charge in [-0.3, -0.25) is 0 Å². The lowest BCUT2D eigenvalue weighted by atomic mass is 10.1. The predicted molar refractivity (Wildman–Crippen MR) is 103 cm³/mol. The first kappa shape index (κ1) is 18.6. The summed E-state index contributed by atoms with van der Waals surface area (Å²) in [4.78, 5) is 0. The summed E-state index contributed by atoms with van der Waals surface area (Å²) in [6.45, 7) is 3.61. The Morgan fingerprint density at radius 2 is 1.81 bits per heavy atom. The number of halogens is 3. The maximum Gasteiger partial charge on any atom is 0.266 e. The van der Waals surface area contributed by atoms with Crippen molar-refractivity contribution in [2.24, 2.45) is 0 Å². The van der Waals surface area contributed by atoms with Crippen molar-refractivity contribution in [2.75, 3.05) is 5.73 Å². The van der Waals surface area contributed by atoms with Gasteiger partial charge >= 0.3 is 0 Å². The standard InChI is InChI=1S/C18H15BrF2N2O2S/c1-2-16(11-6-8-12(19)9-7-11)26(24,25)23-10-13(18(20)21)17-14(22)4-3-5-15(17)23/h2-10,16,18H,1,22H2. The highest BCUT2D eigenvalue weighted by Gasteiger charge is 2.30. The summed E-state index contributed by atoms with van der Waals surface area (Å²) in [5, 5.41) is -1.05. The van der Waals surface area contributed by atoms with Gasteiger partial charge in [-0.05, 0) is 29.8 Å². The first-order valence-corrected chi connectivity index (χ1v) is 9.87. The molecular weight excluding hydrogens is 426 g/mol. The summed E-state index contributed by atoms with van der Waals surface area (Å²) in [6.07, 6.45) is -0.636. The van der Waals surface area contributed by atoms with Crippen molar-refractivity contribution < 1.29 is 17.2 Å². The molecule has 0 saturated heterocycles. The van der Waals surface area contributed by atoms with E-state index in [0.717, 1.165) is 14.6 Å². The maximum atomic E-state index is 13.4. The molecule has 0 fully saturated rings. The number of fused-ring (bicyclic) bond motifs is 1. The highest BCUT2D eigenvalue weighted by Crippen LogP contribution is 2.37. The van der Waals surface area contributed by atoms with Crippen molar-refractivity contribution in [3.63, 3.8) is 0 Å². The molecule has 1 unspecified atom stereocenters. The maximum absolute atomic E-state index is 13.4. The Labute approximate surface area is 158 Å². The second-order valence-corrected chi connectivity index (χ2v) is 8.52. The topological polar surface area (TPSA) is 65.1 Å². The molecular formula is C18H15BrF2N2O2S. The summed E-state index contributed by atoms with van der Waals surface area (Å²) in [6, 6.07) is 11.1. The van der Waals surface area contributed by atoms with Crippen molar-refractivity contribution in [2.45, 2.75) is 11.7 Å². The Balaban J connectivity index is 2.25. The molecule has 1 atom stereocenters. The number of rotatable bonds is 5. The highest BCUT2D eigenvalue weighted by atomic mass is 79.9. The van der Waals surface area contributed by atoms with Crippen LogP contribution in [-0.2, 0) is 10.0 Å². The van der Waals surface area contributed by atoms with Crippen molar-refractivity contribution >= 4 is 42.5 Å². The van der Waals surface area contributed by atoms with E-state index in [4.69, 9.17) is 5.73 Å². The van der Waals surface area contributed by atoms with Gasteiger partial charge in [-0.1, -0.05) is 40.2 Å². The van der Waals surface area contributed by atoms with Crippen LogP contribution < -0.4 is 5.73 Å². The molecule has 2 aromatic carbocycles. The quantitative estimate of drug-likeness (QED) is 0.446. The van der Waals surface area contributed by atoms with Gasteiger partial charge in [0.05, 0.1) is 5.52 Å². The van der Waals surface area contributed by atoms with Crippen LogP contribution in [-0.4, -0.2) is 12.4 Å². The van der Waals surface area contributed by atoms with Crippen LogP contribution in [0.25, 0.3) is 10.9 Å². The molecule has 136 valence electrons. The second-order valence-electron chi connectivity index (χ2n) is 5.68. The molecule has 4 nitrogen and oxygen atoms in total. The van der Waals surface area contributed by atoms with Gasteiger partial charge in [0.2, 0.25) is 10.0 Å². The molecule has 0 aliphatic heterocycles. The lowest BCUT2D eigenvalue weighted by Crippen LogP contribution is -2.19. The Hall–Kier alpha value is -2.19. The zero-order valence-corrected chi connectivity index (χ0v) is 15.8. The van der Waals surface area contributed by atoms with Crippen molar-refractivity contribution in [3.05, 3.63) is 76.9 Å². The van der Waals surface area contributed by atoms with E-state index in [1.807, 2.05) is 0 Å². The average Bonchev–Trinajstić information content (AvgIpc) is 2.99. The minimum Gasteiger partial charge on any atom is -0.398 e.